The van der Waals surface area contributed by atoms with Gasteiger partial charge in [-0.1, -0.05) is 43.0 Å². The minimum atomic E-state index is -0.738. The van der Waals surface area contributed by atoms with Gasteiger partial charge in [-0.15, -0.1) is 0 Å². The fraction of sp³-hybridized carbons (Fsp3) is 0.318. The highest BCUT2D eigenvalue weighted by Crippen LogP contribution is 2.30. The molecule has 0 unspecified atom stereocenters. The maximum absolute atomic E-state index is 13.2. The lowest BCUT2D eigenvalue weighted by Gasteiger charge is -2.40. The lowest BCUT2D eigenvalue weighted by Crippen LogP contribution is -2.49. The summed E-state index contributed by atoms with van der Waals surface area (Å²) in [5.41, 5.74) is 7.19. The Bertz CT molecular complexity index is 837. The van der Waals surface area contributed by atoms with Crippen molar-refractivity contribution in [2.75, 3.05) is 24.5 Å². The van der Waals surface area contributed by atoms with Gasteiger partial charge in [0.2, 0.25) is 0 Å². The third kappa shape index (κ3) is 3.79. The van der Waals surface area contributed by atoms with Crippen molar-refractivity contribution >= 4 is 5.69 Å². The van der Waals surface area contributed by atoms with Crippen molar-refractivity contribution in [1.29, 1.82) is 0 Å². The van der Waals surface area contributed by atoms with Gasteiger partial charge in [0, 0.05) is 23.2 Å². The second-order valence-electron chi connectivity index (χ2n) is 7.09. The zero-order valence-corrected chi connectivity index (χ0v) is 15.8. The van der Waals surface area contributed by atoms with E-state index >= 15 is 0 Å². The molecule has 0 amide bonds. The molecule has 26 heavy (non-hydrogen) atoms. The van der Waals surface area contributed by atoms with Crippen LogP contribution in [0, 0.1) is 13.8 Å². The van der Waals surface area contributed by atoms with Crippen molar-refractivity contribution in [3.8, 4) is 11.1 Å². The summed E-state index contributed by atoms with van der Waals surface area (Å²) in [6.07, 6.45) is 1.17. The Hall–Kier alpha value is -2.62. The number of pyridine rings is 1. The van der Waals surface area contributed by atoms with Crippen LogP contribution in [0.3, 0.4) is 0 Å². The molecule has 0 atom stereocenters. The van der Waals surface area contributed by atoms with Gasteiger partial charge in [0.1, 0.15) is 6.17 Å². The molecule has 1 aliphatic rings. The summed E-state index contributed by atoms with van der Waals surface area (Å²) < 4.78 is 13.2. The van der Waals surface area contributed by atoms with E-state index in [-0.39, 0.29) is 0 Å². The highest BCUT2D eigenvalue weighted by atomic mass is 19.1. The third-order valence-electron chi connectivity index (χ3n) is 4.79. The van der Waals surface area contributed by atoms with Crippen molar-refractivity contribution in [2.24, 2.45) is 0 Å². The average molecular weight is 351 g/mol. The predicted molar refractivity (Wildman–Crippen MR) is 107 cm³/mol. The molecule has 136 valence electrons. The van der Waals surface area contributed by atoms with Crippen LogP contribution in [0.25, 0.3) is 11.1 Å². The van der Waals surface area contributed by atoms with Crippen molar-refractivity contribution in [2.45, 2.75) is 26.9 Å². The van der Waals surface area contributed by atoms with Crippen molar-refractivity contribution in [3.05, 3.63) is 72.3 Å². The maximum atomic E-state index is 13.2. The number of alkyl halides is 1. The molecule has 3 nitrogen and oxygen atoms in total. The molecule has 0 aliphatic carbocycles. The van der Waals surface area contributed by atoms with Crippen LogP contribution >= 0.6 is 0 Å². The van der Waals surface area contributed by atoms with Crippen LogP contribution in [0.15, 0.2) is 61.1 Å². The van der Waals surface area contributed by atoms with Gasteiger partial charge >= 0.3 is 0 Å². The number of aryl methyl sites for hydroxylation is 2. The van der Waals surface area contributed by atoms with Crippen LogP contribution < -0.4 is 4.90 Å². The minimum absolute atomic E-state index is 0.434. The maximum Gasteiger partial charge on any atom is 0.135 e. The first-order valence-corrected chi connectivity index (χ1v) is 8.88. The summed E-state index contributed by atoms with van der Waals surface area (Å²) in [7, 11) is 0. The van der Waals surface area contributed by atoms with Gasteiger partial charge < -0.3 is 9.80 Å². The Morgan fingerprint density at radius 3 is 2.58 bits per heavy atom. The molecule has 2 heterocycles. The first kappa shape index (κ1) is 18.2. The lowest BCUT2D eigenvalue weighted by atomic mass is 10.0. The first-order valence-electron chi connectivity index (χ1n) is 8.88. The molecule has 1 fully saturated rings. The van der Waals surface area contributed by atoms with E-state index in [4.69, 9.17) is 0 Å². The number of hydrogen-bond acceptors (Lipinski definition) is 3. The molecule has 2 aromatic rings. The number of hydrogen-bond donors (Lipinski definition) is 0. The van der Waals surface area contributed by atoms with E-state index < -0.39 is 6.17 Å². The number of benzene rings is 1. The molecular weight excluding hydrogens is 325 g/mol. The number of rotatable bonds is 6. The molecule has 4 heteroatoms. The number of aromatic nitrogens is 1. The first-order chi connectivity index (χ1) is 12.3. The second kappa shape index (κ2) is 7.32. The fourth-order valence-electron chi connectivity index (χ4n) is 3.17. The smallest absolute Gasteiger partial charge is 0.135 e. The zero-order valence-electron chi connectivity index (χ0n) is 15.8. The van der Waals surface area contributed by atoms with Crippen LogP contribution in [0.5, 0.6) is 0 Å². The summed E-state index contributed by atoms with van der Waals surface area (Å²) in [6, 6.07) is 10.5. The van der Waals surface area contributed by atoms with Gasteiger partial charge in [0.15, 0.2) is 0 Å². The van der Waals surface area contributed by atoms with Crippen LogP contribution in [-0.4, -0.2) is 35.7 Å². The molecule has 0 radical (unpaired) electrons. The molecular formula is C22H26FN3. The number of allylic oxidation sites excluding steroid dienone is 1. The number of halogens is 1. The largest absolute Gasteiger partial charge is 0.368 e. The van der Waals surface area contributed by atoms with Crippen molar-refractivity contribution in [3.63, 3.8) is 0 Å². The molecule has 1 aromatic heterocycles. The Balaban J connectivity index is 1.90. The number of nitrogens with zero attached hydrogens (tertiary/aromatic N) is 3. The van der Waals surface area contributed by atoms with Crippen LogP contribution in [0.4, 0.5) is 10.1 Å². The third-order valence-corrected chi connectivity index (χ3v) is 4.79. The SMILES string of the molecule is C=C(CN(C(=C)C)c1cc(-c2cccc(C)c2)cnc1C)N1CC(F)C1. The van der Waals surface area contributed by atoms with Crippen LogP contribution in [0.1, 0.15) is 18.2 Å². The molecule has 3 rings (SSSR count). The normalized spacial score (nSPS) is 14.1. The van der Waals surface area contributed by atoms with Gasteiger partial charge in [-0.3, -0.25) is 4.98 Å². The van der Waals surface area contributed by atoms with Gasteiger partial charge in [-0.2, -0.15) is 0 Å². The molecule has 0 bridgehead atoms. The monoisotopic (exact) mass is 351 g/mol. The minimum Gasteiger partial charge on any atom is -0.368 e. The predicted octanol–water partition coefficient (Wildman–Crippen LogP) is 4.87. The lowest BCUT2D eigenvalue weighted by molar-refractivity contribution is 0.0974. The average Bonchev–Trinajstić information content (AvgIpc) is 2.57. The van der Waals surface area contributed by atoms with E-state index in [1.165, 1.54) is 5.56 Å². The van der Waals surface area contributed by atoms with Crippen molar-refractivity contribution in [1.82, 2.24) is 9.88 Å². The molecule has 0 spiro atoms. The highest BCUT2D eigenvalue weighted by Gasteiger charge is 2.28. The van der Waals surface area contributed by atoms with E-state index in [2.05, 4.69) is 60.3 Å². The summed E-state index contributed by atoms with van der Waals surface area (Å²) in [5, 5.41) is 0. The Morgan fingerprint density at radius 2 is 1.96 bits per heavy atom. The van der Waals surface area contributed by atoms with E-state index in [0.29, 0.717) is 19.6 Å². The van der Waals surface area contributed by atoms with E-state index in [1.807, 2.05) is 24.9 Å². The molecule has 1 saturated heterocycles. The molecule has 1 aromatic carbocycles. The van der Waals surface area contributed by atoms with Gasteiger partial charge in [-0.25, -0.2) is 4.39 Å². The Labute approximate surface area is 155 Å². The topological polar surface area (TPSA) is 19.4 Å². The Morgan fingerprint density at radius 1 is 1.23 bits per heavy atom. The summed E-state index contributed by atoms with van der Waals surface area (Å²) in [5.74, 6) is 0. The zero-order chi connectivity index (χ0) is 18.8. The van der Waals surface area contributed by atoms with Crippen LogP contribution in [0.2, 0.25) is 0 Å². The van der Waals surface area contributed by atoms with Gasteiger partial charge in [0.05, 0.1) is 31.0 Å². The fourth-order valence-corrected chi connectivity index (χ4v) is 3.17. The van der Waals surface area contributed by atoms with E-state index in [0.717, 1.165) is 33.9 Å². The van der Waals surface area contributed by atoms with Gasteiger partial charge in [0.25, 0.3) is 0 Å². The van der Waals surface area contributed by atoms with E-state index in [1.54, 1.807) is 0 Å². The second-order valence-corrected chi connectivity index (χ2v) is 7.09. The molecule has 1 aliphatic heterocycles. The van der Waals surface area contributed by atoms with Crippen molar-refractivity contribution < 1.29 is 4.39 Å². The van der Waals surface area contributed by atoms with Gasteiger partial charge in [-0.05, 0) is 32.4 Å². The summed E-state index contributed by atoms with van der Waals surface area (Å²) >= 11 is 0. The molecule has 0 saturated carbocycles. The number of anilines is 1. The van der Waals surface area contributed by atoms with E-state index in [9.17, 15) is 4.39 Å². The Kier molecular flexibility index (Phi) is 5.12. The summed E-state index contributed by atoms with van der Waals surface area (Å²) in [6.45, 7) is 15.8. The quantitative estimate of drug-likeness (QED) is 0.740. The van der Waals surface area contributed by atoms with Crippen LogP contribution in [-0.2, 0) is 0 Å². The summed E-state index contributed by atoms with van der Waals surface area (Å²) in [4.78, 5) is 8.69. The molecule has 0 N–H and O–H groups in total. The number of likely N-dealkylation sites (tertiary alicyclic amines) is 1. The highest BCUT2D eigenvalue weighted by molar-refractivity contribution is 5.70. The standard InChI is InChI=1S/C22H26FN3/c1-15(2)26(12-17(4)25-13-21(23)14-25)22-10-20(11-24-18(22)5)19-8-6-7-16(3)9-19/h6-11,21H,1,4,12-14H2,2-3,5H3.